The van der Waals surface area contributed by atoms with Crippen LogP contribution in [0.4, 0.5) is 0 Å². The van der Waals surface area contributed by atoms with Gasteiger partial charge in [0.05, 0.1) is 6.04 Å². The lowest BCUT2D eigenvalue weighted by molar-refractivity contribution is -0.197. The number of likely N-dealkylation sites (tertiary alicyclic amines) is 1. The van der Waals surface area contributed by atoms with Crippen molar-refractivity contribution in [2.24, 2.45) is 0 Å². The van der Waals surface area contributed by atoms with Gasteiger partial charge in [0.15, 0.2) is 6.10 Å². The normalized spacial score (nSPS) is 22.7. The second kappa shape index (κ2) is 9.25. The molecule has 1 fully saturated rings. The van der Waals surface area contributed by atoms with Crippen molar-refractivity contribution in [2.45, 2.75) is 37.8 Å². The smallest absolute Gasteiger partial charge is 0.256 e. The largest absolute Gasteiger partial charge is 0.385 e. The van der Waals surface area contributed by atoms with Gasteiger partial charge in [0, 0.05) is 27.9 Å². The van der Waals surface area contributed by atoms with Crippen LogP contribution in [-0.2, 0) is 23.7 Å². The Kier molecular flexibility index (Phi) is 7.97. The molecule has 1 aliphatic rings. The Morgan fingerprint density at radius 1 is 1.05 bits per heavy atom. The highest BCUT2D eigenvalue weighted by atomic mass is 16.7. The van der Waals surface area contributed by atoms with Gasteiger partial charge >= 0.3 is 0 Å². The van der Waals surface area contributed by atoms with Crippen molar-refractivity contribution in [3.05, 3.63) is 0 Å². The summed E-state index contributed by atoms with van der Waals surface area (Å²) in [6, 6.07) is 0.102. The molecule has 2 atom stereocenters. The van der Waals surface area contributed by atoms with Crippen molar-refractivity contribution in [3.63, 3.8) is 0 Å². The molecule has 6 heteroatoms. The van der Waals surface area contributed by atoms with Gasteiger partial charge in [0.1, 0.15) is 13.5 Å². The molecule has 0 aromatic heterocycles. The summed E-state index contributed by atoms with van der Waals surface area (Å²) in [5.41, 5.74) is 0. The molecule has 0 aliphatic carbocycles. The summed E-state index contributed by atoms with van der Waals surface area (Å²) in [6.45, 7) is 1.26. The van der Waals surface area contributed by atoms with E-state index in [0.29, 0.717) is 6.73 Å². The summed E-state index contributed by atoms with van der Waals surface area (Å²) in [7, 11) is 4.85. The average Bonchev–Trinajstić information content (AvgIpc) is 2.42. The molecule has 0 N–H and O–H groups in total. The Balaban J connectivity index is 2.32. The van der Waals surface area contributed by atoms with E-state index < -0.39 is 0 Å². The number of nitrogens with zero attached hydrogens (tertiary/aromatic N) is 1. The predicted molar refractivity (Wildman–Crippen MR) is 69.6 cm³/mol. The molecule has 0 radical (unpaired) electrons. The van der Waals surface area contributed by atoms with Gasteiger partial charge in [0.25, 0.3) is 5.91 Å². The Morgan fingerprint density at radius 2 is 1.84 bits per heavy atom. The van der Waals surface area contributed by atoms with Gasteiger partial charge in [-0.3, -0.25) is 4.79 Å². The van der Waals surface area contributed by atoms with E-state index in [2.05, 4.69) is 0 Å². The van der Waals surface area contributed by atoms with Gasteiger partial charge in [-0.25, -0.2) is 0 Å². The number of rotatable bonds is 11. The molecule has 19 heavy (non-hydrogen) atoms. The average molecular weight is 275 g/mol. The number of carbonyl (C=O) groups is 1. The summed E-state index contributed by atoms with van der Waals surface area (Å²) in [5.74, 6) is -0.0132. The lowest BCUT2D eigenvalue weighted by Gasteiger charge is -2.46. The molecule has 112 valence electrons. The molecule has 0 saturated carbocycles. The Morgan fingerprint density at radius 3 is 2.47 bits per heavy atom. The molecule has 1 saturated heterocycles. The van der Waals surface area contributed by atoms with Crippen LogP contribution >= 0.6 is 0 Å². The summed E-state index contributed by atoms with van der Waals surface area (Å²) < 4.78 is 20.3. The summed E-state index contributed by atoms with van der Waals surface area (Å²) >= 11 is 0. The zero-order valence-electron chi connectivity index (χ0n) is 12.1. The molecule has 1 amide bonds. The van der Waals surface area contributed by atoms with Crippen LogP contribution in [0.15, 0.2) is 0 Å². The van der Waals surface area contributed by atoms with Crippen molar-refractivity contribution in [1.29, 1.82) is 0 Å². The highest BCUT2D eigenvalue weighted by molar-refractivity contribution is 5.88. The van der Waals surface area contributed by atoms with E-state index in [1.807, 2.05) is 0 Å². The van der Waals surface area contributed by atoms with Crippen LogP contribution in [0.25, 0.3) is 0 Å². The number of β-lactam (4-membered cyclic amide) rings is 1. The highest BCUT2D eigenvalue weighted by Crippen LogP contribution is 2.27. The van der Waals surface area contributed by atoms with Crippen molar-refractivity contribution in [3.8, 4) is 0 Å². The first-order valence-corrected chi connectivity index (χ1v) is 6.65. The summed E-state index contributed by atoms with van der Waals surface area (Å²) in [4.78, 5) is 13.6. The Bertz CT molecular complexity index is 261. The summed E-state index contributed by atoms with van der Waals surface area (Å²) in [6.07, 6.45) is 3.74. The van der Waals surface area contributed by atoms with Gasteiger partial charge in [-0.1, -0.05) is 12.8 Å². The predicted octanol–water partition coefficient (Wildman–Crippen LogP) is 0.997. The maximum absolute atomic E-state index is 11.8. The molecule has 0 aromatic carbocycles. The fourth-order valence-corrected chi connectivity index (χ4v) is 2.28. The molecule has 6 nitrogen and oxygen atoms in total. The minimum atomic E-state index is -0.377. The first-order valence-electron chi connectivity index (χ1n) is 6.65. The van der Waals surface area contributed by atoms with Gasteiger partial charge in [-0.05, 0) is 12.8 Å². The van der Waals surface area contributed by atoms with E-state index in [-0.39, 0.29) is 24.8 Å². The molecular weight excluding hydrogens is 250 g/mol. The van der Waals surface area contributed by atoms with Crippen LogP contribution in [0.3, 0.4) is 0 Å². The van der Waals surface area contributed by atoms with E-state index >= 15 is 0 Å². The van der Waals surface area contributed by atoms with Crippen molar-refractivity contribution < 1.29 is 23.7 Å². The van der Waals surface area contributed by atoms with Gasteiger partial charge in [-0.2, -0.15) is 0 Å². The van der Waals surface area contributed by atoms with E-state index in [0.717, 1.165) is 32.3 Å². The SMILES string of the molecule is COCCCCCC1[C@@H](OCOC)C(=O)N1COC. The lowest BCUT2D eigenvalue weighted by atomic mass is 9.93. The lowest BCUT2D eigenvalue weighted by Crippen LogP contribution is -2.66. The van der Waals surface area contributed by atoms with Crippen molar-refractivity contribution in [1.82, 2.24) is 4.90 Å². The molecule has 1 heterocycles. The van der Waals surface area contributed by atoms with E-state index in [4.69, 9.17) is 18.9 Å². The maximum Gasteiger partial charge on any atom is 0.256 e. The minimum Gasteiger partial charge on any atom is -0.385 e. The number of carbonyl (C=O) groups excluding carboxylic acids is 1. The van der Waals surface area contributed by atoms with Crippen LogP contribution in [0.5, 0.6) is 0 Å². The van der Waals surface area contributed by atoms with Crippen LogP contribution < -0.4 is 0 Å². The minimum absolute atomic E-state index is 0.0132. The second-order valence-electron chi connectivity index (χ2n) is 4.63. The van der Waals surface area contributed by atoms with E-state index in [1.165, 1.54) is 0 Å². The van der Waals surface area contributed by atoms with E-state index in [1.54, 1.807) is 26.2 Å². The van der Waals surface area contributed by atoms with Crippen molar-refractivity contribution in [2.75, 3.05) is 41.5 Å². The molecule has 1 rings (SSSR count). The fraction of sp³-hybridized carbons (Fsp3) is 0.923. The van der Waals surface area contributed by atoms with Gasteiger partial charge < -0.3 is 23.8 Å². The number of unbranched alkanes of at least 4 members (excludes halogenated alkanes) is 2. The maximum atomic E-state index is 11.8. The molecule has 0 spiro atoms. The van der Waals surface area contributed by atoms with Crippen LogP contribution in [0, 0.1) is 0 Å². The first kappa shape index (κ1) is 16.4. The van der Waals surface area contributed by atoms with Gasteiger partial charge in [0.2, 0.25) is 0 Å². The third kappa shape index (κ3) is 4.72. The molecule has 1 aliphatic heterocycles. The number of hydrogen-bond acceptors (Lipinski definition) is 5. The third-order valence-electron chi connectivity index (χ3n) is 3.26. The topological polar surface area (TPSA) is 57.2 Å². The molecular formula is C13H25NO5. The van der Waals surface area contributed by atoms with Crippen LogP contribution in [0.1, 0.15) is 25.7 Å². The standard InChI is InChI=1S/C13H25NO5/c1-16-8-6-4-5-7-11-12(19-10-18-3)13(15)14(11)9-17-2/h11-12H,4-10H2,1-3H3/t11?,12-/m1/s1. The summed E-state index contributed by atoms with van der Waals surface area (Å²) in [5, 5.41) is 0. The monoisotopic (exact) mass is 275 g/mol. The van der Waals surface area contributed by atoms with Crippen LogP contribution in [0.2, 0.25) is 0 Å². The van der Waals surface area contributed by atoms with Crippen molar-refractivity contribution >= 4 is 5.91 Å². The second-order valence-corrected chi connectivity index (χ2v) is 4.63. The fourth-order valence-electron chi connectivity index (χ4n) is 2.28. The highest BCUT2D eigenvalue weighted by Gasteiger charge is 2.47. The van der Waals surface area contributed by atoms with Gasteiger partial charge in [-0.15, -0.1) is 0 Å². The quantitative estimate of drug-likeness (QED) is 0.320. The molecule has 0 aromatic rings. The third-order valence-corrected chi connectivity index (χ3v) is 3.26. The molecule has 1 unspecified atom stereocenters. The zero-order valence-corrected chi connectivity index (χ0v) is 12.1. The Labute approximate surface area is 114 Å². The number of amides is 1. The number of methoxy groups -OCH3 is 3. The van der Waals surface area contributed by atoms with Crippen LogP contribution in [-0.4, -0.2) is 64.4 Å². The molecule has 0 bridgehead atoms. The Hall–Kier alpha value is -0.690. The van der Waals surface area contributed by atoms with E-state index in [9.17, 15) is 4.79 Å². The zero-order chi connectivity index (χ0) is 14.1. The number of ether oxygens (including phenoxy) is 4. The number of hydrogen-bond donors (Lipinski definition) is 0. The first-order chi connectivity index (χ1) is 9.26.